The van der Waals surface area contributed by atoms with Gasteiger partial charge in [0.2, 0.25) is 0 Å². The lowest BCUT2D eigenvalue weighted by molar-refractivity contribution is 0.265. The Morgan fingerprint density at radius 3 is 2.82 bits per heavy atom. The van der Waals surface area contributed by atoms with Crippen LogP contribution in [0.4, 0.5) is 0 Å². The Kier molecular flexibility index (Phi) is 2.20. The molecule has 0 aliphatic carbocycles. The van der Waals surface area contributed by atoms with Crippen LogP contribution < -0.4 is 0 Å². The molecule has 1 aromatic carbocycles. The summed E-state index contributed by atoms with van der Waals surface area (Å²) in [7, 11) is 4.19. The van der Waals surface area contributed by atoms with Gasteiger partial charge in [-0.25, -0.2) is 0 Å². The fraction of sp³-hybridized carbons (Fsp3) is 0.429. The van der Waals surface area contributed by atoms with Gasteiger partial charge in [0, 0.05) is 42.3 Å². The number of hydrogen-bond acceptors (Lipinski definition) is 2. The zero-order chi connectivity index (χ0) is 12.2. The first kappa shape index (κ1) is 10.7. The molecule has 2 heterocycles. The highest BCUT2D eigenvalue weighted by Gasteiger charge is 2.24. The van der Waals surface area contributed by atoms with Crippen molar-refractivity contribution in [3.8, 4) is 5.75 Å². The van der Waals surface area contributed by atoms with Crippen LogP contribution >= 0.6 is 0 Å². The number of hydrogen-bond donors (Lipinski definition) is 1. The van der Waals surface area contributed by atoms with Gasteiger partial charge in [-0.1, -0.05) is 0 Å². The lowest BCUT2D eigenvalue weighted by atomic mass is 10.00. The van der Waals surface area contributed by atoms with Gasteiger partial charge < -0.3 is 9.67 Å². The fourth-order valence-electron chi connectivity index (χ4n) is 2.92. The number of benzene rings is 1. The number of nitrogens with zero attached hydrogens (tertiary/aromatic N) is 2. The summed E-state index contributed by atoms with van der Waals surface area (Å²) in [6, 6.07) is 4.09. The maximum absolute atomic E-state index is 10.2. The van der Waals surface area contributed by atoms with Gasteiger partial charge in [0.25, 0.3) is 0 Å². The summed E-state index contributed by atoms with van der Waals surface area (Å²) < 4.78 is 2.16. The average molecular weight is 230 g/mol. The number of rotatable bonds is 0. The first-order valence-corrected chi connectivity index (χ1v) is 6.09. The largest absolute Gasteiger partial charge is 0.508 e. The lowest BCUT2D eigenvalue weighted by Crippen LogP contribution is -2.23. The molecule has 17 heavy (non-hydrogen) atoms. The van der Waals surface area contributed by atoms with Gasteiger partial charge >= 0.3 is 0 Å². The minimum atomic E-state index is 0.266. The molecule has 1 aliphatic heterocycles. The molecule has 0 bridgehead atoms. The molecule has 0 fully saturated rings. The first-order chi connectivity index (χ1) is 8.09. The fourth-order valence-corrected chi connectivity index (χ4v) is 2.92. The molecule has 0 radical (unpaired) electrons. The average Bonchev–Trinajstić information content (AvgIpc) is 2.56. The Balaban J connectivity index is 2.42. The van der Waals surface area contributed by atoms with Crippen LogP contribution in [0.15, 0.2) is 18.3 Å². The van der Waals surface area contributed by atoms with Crippen molar-refractivity contribution in [2.45, 2.75) is 19.4 Å². The summed E-state index contributed by atoms with van der Waals surface area (Å²) in [5, 5.41) is 11.4. The Labute approximate surface area is 101 Å². The van der Waals surface area contributed by atoms with Crippen molar-refractivity contribution in [2.75, 3.05) is 13.6 Å². The van der Waals surface area contributed by atoms with Gasteiger partial charge in [0.15, 0.2) is 0 Å². The number of aromatic hydroxyl groups is 1. The van der Waals surface area contributed by atoms with Crippen molar-refractivity contribution < 1.29 is 5.11 Å². The van der Waals surface area contributed by atoms with Crippen LogP contribution in [0.25, 0.3) is 10.9 Å². The molecule has 1 atom stereocenters. The summed E-state index contributed by atoms with van der Waals surface area (Å²) in [4.78, 5) is 2.30. The van der Waals surface area contributed by atoms with Crippen LogP contribution in [0, 0.1) is 0 Å². The molecule has 90 valence electrons. The number of aromatic nitrogens is 1. The van der Waals surface area contributed by atoms with Crippen LogP contribution in [-0.4, -0.2) is 28.2 Å². The normalized spacial score (nSPS) is 20.8. The van der Waals surface area contributed by atoms with Gasteiger partial charge in [-0.05, 0) is 38.1 Å². The summed E-state index contributed by atoms with van der Waals surface area (Å²) in [6.07, 6.45) is 3.24. The van der Waals surface area contributed by atoms with E-state index in [1.54, 1.807) is 0 Å². The highest BCUT2D eigenvalue weighted by Crippen LogP contribution is 2.39. The number of phenolic OH excluding ortho intramolecular Hbond substituents is 1. The molecule has 2 aromatic rings. The van der Waals surface area contributed by atoms with E-state index in [-0.39, 0.29) is 6.04 Å². The van der Waals surface area contributed by atoms with Crippen LogP contribution in [-0.2, 0) is 13.5 Å². The SMILES string of the molecule is CC1c2c(O)ccc3c2c(cn3C)CCN1C. The molecule has 1 aromatic heterocycles. The molecular weight excluding hydrogens is 212 g/mol. The van der Waals surface area contributed by atoms with Gasteiger partial charge in [0.1, 0.15) is 5.75 Å². The van der Waals surface area contributed by atoms with Crippen molar-refractivity contribution in [2.24, 2.45) is 7.05 Å². The van der Waals surface area contributed by atoms with E-state index in [4.69, 9.17) is 0 Å². The third kappa shape index (κ3) is 1.39. The minimum Gasteiger partial charge on any atom is -0.508 e. The number of aryl methyl sites for hydroxylation is 1. The van der Waals surface area contributed by atoms with Crippen LogP contribution in [0.3, 0.4) is 0 Å². The van der Waals surface area contributed by atoms with Gasteiger partial charge in [-0.3, -0.25) is 4.90 Å². The summed E-state index contributed by atoms with van der Waals surface area (Å²) in [5.41, 5.74) is 3.65. The van der Waals surface area contributed by atoms with Crippen molar-refractivity contribution >= 4 is 10.9 Å². The second kappa shape index (κ2) is 3.50. The molecule has 0 spiro atoms. The smallest absolute Gasteiger partial charge is 0.121 e. The standard InChI is InChI=1S/C14H18N2O/c1-9-13-12(17)5-4-11-14(13)10(8-16(11)3)6-7-15(9)2/h4-5,8-9,17H,6-7H2,1-3H3. The van der Waals surface area contributed by atoms with E-state index in [0.717, 1.165) is 18.5 Å². The number of likely N-dealkylation sites (N-methyl/N-ethyl adjacent to an activating group) is 1. The third-order valence-electron chi connectivity index (χ3n) is 4.06. The van der Waals surface area contributed by atoms with E-state index in [9.17, 15) is 5.11 Å². The second-order valence-electron chi connectivity index (χ2n) is 5.06. The Bertz CT molecular complexity index is 585. The van der Waals surface area contributed by atoms with Crippen molar-refractivity contribution in [1.82, 2.24) is 9.47 Å². The molecule has 0 amide bonds. The van der Waals surface area contributed by atoms with E-state index >= 15 is 0 Å². The second-order valence-corrected chi connectivity index (χ2v) is 5.06. The van der Waals surface area contributed by atoms with Crippen LogP contribution in [0.2, 0.25) is 0 Å². The zero-order valence-electron chi connectivity index (χ0n) is 10.6. The van der Waals surface area contributed by atoms with E-state index in [1.165, 1.54) is 16.5 Å². The molecule has 0 saturated heterocycles. The van der Waals surface area contributed by atoms with Gasteiger partial charge in [-0.15, -0.1) is 0 Å². The van der Waals surface area contributed by atoms with Crippen molar-refractivity contribution in [1.29, 1.82) is 0 Å². The molecule has 3 rings (SSSR count). The molecular formula is C14H18N2O. The van der Waals surface area contributed by atoms with Crippen molar-refractivity contribution in [3.63, 3.8) is 0 Å². The van der Waals surface area contributed by atoms with Gasteiger partial charge in [0.05, 0.1) is 0 Å². The quantitative estimate of drug-likeness (QED) is 0.753. The topological polar surface area (TPSA) is 28.4 Å². The molecule has 1 N–H and O–H groups in total. The predicted octanol–water partition coefficient (Wildman–Crippen LogP) is 2.43. The van der Waals surface area contributed by atoms with E-state index in [2.05, 4.69) is 36.7 Å². The van der Waals surface area contributed by atoms with Gasteiger partial charge in [-0.2, -0.15) is 0 Å². The molecule has 0 saturated carbocycles. The molecule has 3 nitrogen and oxygen atoms in total. The third-order valence-corrected chi connectivity index (χ3v) is 4.06. The summed E-state index contributed by atoms with van der Waals surface area (Å²) >= 11 is 0. The zero-order valence-corrected chi connectivity index (χ0v) is 10.6. The Hall–Kier alpha value is -1.48. The van der Waals surface area contributed by atoms with E-state index < -0.39 is 0 Å². The predicted molar refractivity (Wildman–Crippen MR) is 69.3 cm³/mol. The molecule has 1 unspecified atom stereocenters. The summed E-state index contributed by atoms with van der Waals surface area (Å²) in [6.45, 7) is 3.20. The highest BCUT2D eigenvalue weighted by atomic mass is 16.3. The monoisotopic (exact) mass is 230 g/mol. The van der Waals surface area contributed by atoms with Crippen LogP contribution in [0.5, 0.6) is 5.75 Å². The summed E-state index contributed by atoms with van der Waals surface area (Å²) in [5.74, 6) is 0.422. The maximum atomic E-state index is 10.2. The highest BCUT2D eigenvalue weighted by molar-refractivity contribution is 5.90. The molecule has 3 heteroatoms. The lowest BCUT2D eigenvalue weighted by Gasteiger charge is -2.23. The first-order valence-electron chi connectivity index (χ1n) is 6.09. The van der Waals surface area contributed by atoms with Crippen LogP contribution in [0.1, 0.15) is 24.1 Å². The maximum Gasteiger partial charge on any atom is 0.121 e. The van der Waals surface area contributed by atoms with E-state index in [0.29, 0.717) is 5.75 Å². The molecule has 1 aliphatic rings. The van der Waals surface area contributed by atoms with Crippen molar-refractivity contribution in [3.05, 3.63) is 29.5 Å². The minimum absolute atomic E-state index is 0.266. The number of phenols is 1. The van der Waals surface area contributed by atoms with E-state index in [1.807, 2.05) is 12.1 Å². The Morgan fingerprint density at radius 1 is 1.29 bits per heavy atom. The Morgan fingerprint density at radius 2 is 2.06 bits per heavy atom.